The fourth-order valence-electron chi connectivity index (χ4n) is 3.07. The van der Waals surface area contributed by atoms with Gasteiger partial charge in [0.15, 0.2) is 5.82 Å². The maximum Gasteiger partial charge on any atom is 0.225 e. The summed E-state index contributed by atoms with van der Waals surface area (Å²) in [6, 6.07) is 6.19. The van der Waals surface area contributed by atoms with Crippen LogP contribution in [0.1, 0.15) is 51.3 Å². The lowest BCUT2D eigenvalue weighted by Gasteiger charge is -2.15. The van der Waals surface area contributed by atoms with Crippen molar-refractivity contribution in [3.8, 4) is 10.6 Å². The van der Waals surface area contributed by atoms with E-state index >= 15 is 0 Å². The van der Waals surface area contributed by atoms with Crippen LogP contribution in [0.3, 0.4) is 0 Å². The highest BCUT2D eigenvalue weighted by Gasteiger charge is 2.17. The number of amides is 1. The number of nitrogens with zero attached hydrogens (tertiary/aromatic N) is 2. The van der Waals surface area contributed by atoms with Crippen LogP contribution in [0.2, 0.25) is 0 Å². The predicted molar refractivity (Wildman–Crippen MR) is 104 cm³/mol. The number of thiophene rings is 1. The lowest BCUT2D eigenvalue weighted by Crippen LogP contribution is -2.22. The number of anilines is 1. The lowest BCUT2D eigenvalue weighted by molar-refractivity contribution is -0.116. The average Bonchev–Trinajstić information content (AvgIpc) is 3.27. The Bertz CT molecular complexity index is 707. The second-order valence-corrected chi connectivity index (χ2v) is 8.87. The Hall–Kier alpha value is -1.66. The molecule has 3 heterocycles. The first-order valence-electron chi connectivity index (χ1n) is 9.10. The van der Waals surface area contributed by atoms with Gasteiger partial charge >= 0.3 is 0 Å². The van der Waals surface area contributed by atoms with Crippen molar-refractivity contribution in [1.82, 2.24) is 15.1 Å². The van der Waals surface area contributed by atoms with E-state index < -0.39 is 0 Å². The molecule has 1 saturated heterocycles. The average molecular weight is 361 g/mol. The number of carbonyl (C=O) groups excluding carboxylic acids is 1. The molecule has 0 atom stereocenters. The molecule has 0 radical (unpaired) electrons. The van der Waals surface area contributed by atoms with E-state index in [0.29, 0.717) is 12.2 Å². The van der Waals surface area contributed by atoms with E-state index in [0.717, 1.165) is 23.5 Å². The Morgan fingerprint density at radius 1 is 1.32 bits per heavy atom. The molecule has 25 heavy (non-hydrogen) atoms. The minimum atomic E-state index is 0.0406. The molecule has 2 aromatic rings. The molecule has 2 aromatic heterocycles. The quantitative estimate of drug-likeness (QED) is 0.809. The van der Waals surface area contributed by atoms with Crippen molar-refractivity contribution in [2.24, 2.45) is 0 Å². The Labute approximate surface area is 153 Å². The topological polar surface area (TPSA) is 61.0 Å². The number of aromatic amines is 1. The van der Waals surface area contributed by atoms with Gasteiger partial charge in [-0.2, -0.15) is 5.10 Å². The number of carbonyl (C=O) groups is 1. The zero-order valence-corrected chi connectivity index (χ0v) is 16.2. The van der Waals surface area contributed by atoms with Crippen LogP contribution in [0.5, 0.6) is 0 Å². The van der Waals surface area contributed by atoms with Gasteiger partial charge in [0, 0.05) is 17.4 Å². The van der Waals surface area contributed by atoms with Gasteiger partial charge < -0.3 is 10.2 Å². The van der Waals surface area contributed by atoms with Gasteiger partial charge in [-0.05, 0) is 56.4 Å². The molecule has 1 amide bonds. The molecule has 0 spiro atoms. The lowest BCUT2D eigenvalue weighted by atomic mass is 9.95. The van der Waals surface area contributed by atoms with Gasteiger partial charge in [-0.25, -0.2) is 0 Å². The predicted octanol–water partition coefficient (Wildman–Crippen LogP) is 4.25. The van der Waals surface area contributed by atoms with Crippen LogP contribution in [0, 0.1) is 0 Å². The number of likely N-dealkylation sites (tertiary alicyclic amines) is 1. The minimum Gasteiger partial charge on any atom is -0.309 e. The van der Waals surface area contributed by atoms with E-state index in [4.69, 9.17) is 0 Å². The normalized spacial score (nSPS) is 15.6. The largest absolute Gasteiger partial charge is 0.309 e. The maximum atomic E-state index is 12.1. The third-order valence-corrected chi connectivity index (χ3v) is 6.08. The summed E-state index contributed by atoms with van der Waals surface area (Å²) in [6.45, 7) is 10.0. The summed E-state index contributed by atoms with van der Waals surface area (Å²) in [4.78, 5) is 17.0. The molecule has 5 nitrogen and oxygen atoms in total. The van der Waals surface area contributed by atoms with Crippen LogP contribution >= 0.6 is 11.3 Å². The van der Waals surface area contributed by atoms with Gasteiger partial charge in [-0.1, -0.05) is 20.8 Å². The van der Waals surface area contributed by atoms with Crippen molar-refractivity contribution < 1.29 is 4.79 Å². The number of hydrogen-bond acceptors (Lipinski definition) is 4. The van der Waals surface area contributed by atoms with Crippen molar-refractivity contribution in [3.05, 3.63) is 23.1 Å². The summed E-state index contributed by atoms with van der Waals surface area (Å²) in [5.74, 6) is 0.644. The summed E-state index contributed by atoms with van der Waals surface area (Å²) >= 11 is 1.76. The van der Waals surface area contributed by atoms with Gasteiger partial charge in [0.2, 0.25) is 5.91 Å². The van der Waals surface area contributed by atoms with Crippen molar-refractivity contribution in [2.75, 3.05) is 25.0 Å². The van der Waals surface area contributed by atoms with E-state index in [1.54, 1.807) is 11.3 Å². The van der Waals surface area contributed by atoms with E-state index in [1.807, 2.05) is 6.07 Å². The Kier molecular flexibility index (Phi) is 5.59. The summed E-state index contributed by atoms with van der Waals surface area (Å²) in [5.41, 5.74) is 1.10. The van der Waals surface area contributed by atoms with Crippen LogP contribution in [-0.4, -0.2) is 40.6 Å². The van der Waals surface area contributed by atoms with Gasteiger partial charge in [0.25, 0.3) is 0 Å². The van der Waals surface area contributed by atoms with Gasteiger partial charge in [-0.15, -0.1) is 11.3 Å². The van der Waals surface area contributed by atoms with Crippen LogP contribution in [0.4, 0.5) is 5.82 Å². The number of H-pyrrole nitrogens is 1. The van der Waals surface area contributed by atoms with Crippen molar-refractivity contribution in [2.45, 2.75) is 51.9 Å². The molecule has 1 aliphatic rings. The van der Waals surface area contributed by atoms with Crippen LogP contribution in [0.15, 0.2) is 18.2 Å². The Morgan fingerprint density at radius 3 is 2.76 bits per heavy atom. The number of rotatable bonds is 6. The zero-order chi connectivity index (χ0) is 17.9. The molecule has 0 unspecified atom stereocenters. The summed E-state index contributed by atoms with van der Waals surface area (Å²) < 4.78 is 0. The highest BCUT2D eigenvalue weighted by Crippen LogP contribution is 2.34. The molecule has 0 aromatic carbocycles. The number of aromatic nitrogens is 2. The van der Waals surface area contributed by atoms with Gasteiger partial charge in [0.1, 0.15) is 0 Å². The molecule has 6 heteroatoms. The van der Waals surface area contributed by atoms with Crippen LogP contribution < -0.4 is 5.32 Å². The smallest absolute Gasteiger partial charge is 0.225 e. The van der Waals surface area contributed by atoms with Crippen molar-refractivity contribution in [1.29, 1.82) is 0 Å². The van der Waals surface area contributed by atoms with Crippen LogP contribution in [-0.2, 0) is 10.2 Å². The summed E-state index contributed by atoms with van der Waals surface area (Å²) in [5, 5.41) is 10.2. The SMILES string of the molecule is CC(C)(C)c1ccc(-c2cc(NC(=O)CCCN3CCCC3)n[nH]2)s1. The van der Waals surface area contributed by atoms with E-state index in [2.05, 4.69) is 53.3 Å². The first-order chi connectivity index (χ1) is 11.9. The van der Waals surface area contributed by atoms with E-state index in [9.17, 15) is 4.79 Å². The Morgan fingerprint density at radius 2 is 2.08 bits per heavy atom. The van der Waals surface area contributed by atoms with Gasteiger partial charge in [0.05, 0.1) is 10.6 Å². The molecule has 0 aliphatic carbocycles. The maximum absolute atomic E-state index is 12.1. The first kappa shape index (κ1) is 18.1. The number of hydrogen-bond donors (Lipinski definition) is 2. The van der Waals surface area contributed by atoms with Crippen molar-refractivity contribution >= 4 is 23.1 Å². The Balaban J connectivity index is 1.51. The molecule has 3 rings (SSSR count). The fourth-order valence-corrected chi connectivity index (χ4v) is 4.10. The zero-order valence-electron chi connectivity index (χ0n) is 15.4. The first-order valence-corrected chi connectivity index (χ1v) is 9.92. The molecule has 1 aliphatic heterocycles. The standard InChI is InChI=1S/C19H28N4OS/c1-19(2,3)16-9-8-15(25-16)14-13-17(22-21-14)20-18(24)7-6-12-23-10-4-5-11-23/h8-9,13H,4-7,10-12H2,1-3H3,(H2,20,21,22,24). The third-order valence-electron chi connectivity index (χ3n) is 4.53. The molecular weight excluding hydrogens is 332 g/mol. The summed E-state index contributed by atoms with van der Waals surface area (Å²) in [7, 11) is 0. The molecule has 1 fully saturated rings. The van der Waals surface area contributed by atoms with E-state index in [1.165, 1.54) is 30.8 Å². The number of nitrogens with one attached hydrogen (secondary N) is 2. The molecule has 136 valence electrons. The van der Waals surface area contributed by atoms with Crippen LogP contribution in [0.25, 0.3) is 10.6 Å². The second-order valence-electron chi connectivity index (χ2n) is 7.78. The third kappa shape index (κ3) is 4.92. The highest BCUT2D eigenvalue weighted by atomic mass is 32.1. The second kappa shape index (κ2) is 7.70. The monoisotopic (exact) mass is 360 g/mol. The molecule has 0 saturated carbocycles. The minimum absolute atomic E-state index is 0.0406. The molecule has 0 bridgehead atoms. The van der Waals surface area contributed by atoms with Crippen molar-refractivity contribution in [3.63, 3.8) is 0 Å². The summed E-state index contributed by atoms with van der Waals surface area (Å²) in [6.07, 6.45) is 4.04. The van der Waals surface area contributed by atoms with Gasteiger partial charge in [-0.3, -0.25) is 9.89 Å². The fraction of sp³-hybridized carbons (Fsp3) is 0.579. The molecule has 2 N–H and O–H groups in total. The molecular formula is C19H28N4OS. The highest BCUT2D eigenvalue weighted by molar-refractivity contribution is 7.15. The van der Waals surface area contributed by atoms with E-state index in [-0.39, 0.29) is 11.3 Å².